The Morgan fingerprint density at radius 1 is 1.20 bits per heavy atom. The number of nitrogens with zero attached hydrogens (tertiary/aromatic N) is 4. The standard InChI is InChI=1S/C19H15F2N7O2/c20-10-4-11(21)6-13(5-10)23-15-7-16(24-12-1-2-12)28-17(26-15)9(8-22-28)3-14-18(29)27-19(30)25-14/h3-8,12,23,29H,1-2H2,(H2,25,27,30). The first kappa shape index (κ1) is 18.0. The van der Waals surface area contributed by atoms with Gasteiger partial charge in [0.2, 0.25) is 5.88 Å². The van der Waals surface area contributed by atoms with Gasteiger partial charge in [-0.25, -0.2) is 18.6 Å². The molecule has 152 valence electrons. The number of aromatic nitrogens is 5. The molecule has 0 atom stereocenters. The number of nitrogens with one attached hydrogen (secondary N) is 3. The summed E-state index contributed by atoms with van der Waals surface area (Å²) < 4.78 is 28.6. The van der Waals surface area contributed by atoms with Crippen molar-refractivity contribution in [2.45, 2.75) is 18.9 Å². The highest BCUT2D eigenvalue weighted by molar-refractivity contribution is 5.61. The van der Waals surface area contributed by atoms with Crippen molar-refractivity contribution in [3.8, 4) is 5.88 Å². The van der Waals surface area contributed by atoms with Crippen LogP contribution in [0.4, 0.5) is 20.3 Å². The third-order valence-electron chi connectivity index (χ3n) is 4.51. The highest BCUT2D eigenvalue weighted by atomic mass is 19.1. The summed E-state index contributed by atoms with van der Waals surface area (Å²) in [5.41, 5.74) is 0.719. The van der Waals surface area contributed by atoms with Crippen LogP contribution in [0.15, 0.2) is 40.2 Å². The average molecular weight is 411 g/mol. The summed E-state index contributed by atoms with van der Waals surface area (Å²) in [5, 5.41) is 17.5. The normalized spacial score (nSPS) is 15.3. The van der Waals surface area contributed by atoms with E-state index in [2.05, 4.69) is 30.4 Å². The fourth-order valence-electron chi connectivity index (χ4n) is 3.03. The van der Waals surface area contributed by atoms with Gasteiger partial charge in [-0.2, -0.15) is 9.61 Å². The van der Waals surface area contributed by atoms with Crippen molar-refractivity contribution in [2.75, 3.05) is 5.32 Å². The highest BCUT2D eigenvalue weighted by Gasteiger charge is 2.20. The Kier molecular flexibility index (Phi) is 4.09. The molecule has 0 unspecified atom stereocenters. The SMILES string of the molecule is O=c1[nH]c(O)c(C=c2cnn3c(=NC4CC4)cc(Nc4cc(F)cc(F)c4)nc23)[nH]1. The van der Waals surface area contributed by atoms with Crippen LogP contribution in [0, 0.1) is 11.6 Å². The van der Waals surface area contributed by atoms with Crippen LogP contribution in [0.3, 0.4) is 0 Å². The molecule has 3 aromatic heterocycles. The predicted molar refractivity (Wildman–Crippen MR) is 103 cm³/mol. The number of fused-ring (bicyclic) bond motifs is 1. The highest BCUT2D eigenvalue weighted by Crippen LogP contribution is 2.23. The molecule has 0 spiro atoms. The van der Waals surface area contributed by atoms with Gasteiger partial charge in [0.05, 0.1) is 12.2 Å². The summed E-state index contributed by atoms with van der Waals surface area (Å²) in [6.07, 6.45) is 4.97. The summed E-state index contributed by atoms with van der Waals surface area (Å²) in [6.45, 7) is 0. The van der Waals surface area contributed by atoms with E-state index in [9.17, 15) is 18.7 Å². The number of hydrogen-bond donors (Lipinski definition) is 4. The molecule has 3 heterocycles. The van der Waals surface area contributed by atoms with Gasteiger partial charge in [0.15, 0.2) is 11.1 Å². The molecule has 1 aliphatic rings. The van der Waals surface area contributed by atoms with E-state index < -0.39 is 17.3 Å². The lowest BCUT2D eigenvalue weighted by molar-refractivity contribution is 0.454. The molecule has 11 heteroatoms. The molecule has 0 aliphatic heterocycles. The van der Waals surface area contributed by atoms with E-state index in [1.807, 2.05) is 0 Å². The fourth-order valence-corrected chi connectivity index (χ4v) is 3.03. The lowest BCUT2D eigenvalue weighted by atomic mass is 10.3. The third-order valence-corrected chi connectivity index (χ3v) is 4.51. The number of H-pyrrole nitrogens is 2. The van der Waals surface area contributed by atoms with Crippen LogP contribution in [0.5, 0.6) is 5.88 Å². The van der Waals surface area contributed by atoms with Crippen molar-refractivity contribution in [2.24, 2.45) is 4.99 Å². The van der Waals surface area contributed by atoms with Crippen molar-refractivity contribution < 1.29 is 13.9 Å². The molecule has 0 saturated heterocycles. The summed E-state index contributed by atoms with van der Waals surface area (Å²) >= 11 is 0. The first-order valence-corrected chi connectivity index (χ1v) is 9.13. The average Bonchev–Trinajstić information content (AvgIpc) is 3.30. The van der Waals surface area contributed by atoms with E-state index in [0.29, 0.717) is 22.2 Å². The molecule has 1 aromatic carbocycles. The number of halogens is 2. The Hall–Kier alpha value is -4.02. The first-order chi connectivity index (χ1) is 14.4. The fraction of sp³-hybridized carbons (Fsp3) is 0.158. The minimum absolute atomic E-state index is 0.169. The van der Waals surface area contributed by atoms with Gasteiger partial charge in [0, 0.05) is 23.0 Å². The van der Waals surface area contributed by atoms with Crippen molar-refractivity contribution in [1.82, 2.24) is 24.6 Å². The Morgan fingerprint density at radius 3 is 2.63 bits per heavy atom. The topological polar surface area (TPSA) is 123 Å². The van der Waals surface area contributed by atoms with Crippen molar-refractivity contribution in [3.05, 3.63) is 69.0 Å². The molecule has 1 saturated carbocycles. The second kappa shape index (κ2) is 6.79. The lowest BCUT2D eigenvalue weighted by Gasteiger charge is -2.07. The zero-order valence-electron chi connectivity index (χ0n) is 15.4. The van der Waals surface area contributed by atoms with Crippen LogP contribution in [0.2, 0.25) is 0 Å². The number of rotatable bonds is 4. The molecule has 0 bridgehead atoms. The van der Waals surface area contributed by atoms with Gasteiger partial charge in [0.1, 0.15) is 23.1 Å². The monoisotopic (exact) mass is 411 g/mol. The van der Waals surface area contributed by atoms with Crippen molar-refractivity contribution >= 4 is 23.2 Å². The van der Waals surface area contributed by atoms with E-state index in [-0.39, 0.29) is 23.3 Å². The van der Waals surface area contributed by atoms with E-state index in [0.717, 1.165) is 31.0 Å². The number of aromatic amines is 2. The van der Waals surface area contributed by atoms with Gasteiger partial charge in [0.25, 0.3) is 0 Å². The Balaban J connectivity index is 1.68. The minimum atomic E-state index is -0.716. The predicted octanol–water partition coefficient (Wildman–Crippen LogP) is 1.08. The Bertz CT molecular complexity index is 1430. The zero-order chi connectivity index (χ0) is 20.8. The van der Waals surface area contributed by atoms with Gasteiger partial charge in [-0.15, -0.1) is 0 Å². The number of benzene rings is 1. The smallest absolute Gasteiger partial charge is 0.326 e. The summed E-state index contributed by atoms with van der Waals surface area (Å²) in [6, 6.07) is 4.92. The molecule has 0 amide bonds. The van der Waals surface area contributed by atoms with Crippen LogP contribution in [0.1, 0.15) is 18.5 Å². The van der Waals surface area contributed by atoms with E-state index in [4.69, 9.17) is 0 Å². The molecule has 4 aromatic rings. The van der Waals surface area contributed by atoms with E-state index >= 15 is 0 Å². The van der Waals surface area contributed by atoms with E-state index in [1.54, 1.807) is 6.07 Å². The molecule has 4 N–H and O–H groups in total. The van der Waals surface area contributed by atoms with Gasteiger partial charge in [-0.05, 0) is 31.1 Å². The second-order valence-corrected chi connectivity index (χ2v) is 6.96. The van der Waals surface area contributed by atoms with Gasteiger partial charge in [-0.1, -0.05) is 0 Å². The molecule has 1 fully saturated rings. The zero-order valence-corrected chi connectivity index (χ0v) is 15.4. The van der Waals surface area contributed by atoms with Crippen LogP contribution >= 0.6 is 0 Å². The van der Waals surface area contributed by atoms with Crippen LogP contribution < -0.4 is 21.7 Å². The maximum absolute atomic E-state index is 13.5. The summed E-state index contributed by atoms with van der Waals surface area (Å²) in [7, 11) is 0. The van der Waals surface area contributed by atoms with Crippen LogP contribution in [0.25, 0.3) is 11.7 Å². The molecule has 1 aliphatic carbocycles. The summed E-state index contributed by atoms with van der Waals surface area (Å²) in [5.74, 6) is -1.43. The maximum Gasteiger partial charge on any atom is 0.326 e. The molecule has 0 radical (unpaired) electrons. The van der Waals surface area contributed by atoms with E-state index in [1.165, 1.54) is 16.8 Å². The van der Waals surface area contributed by atoms with Crippen molar-refractivity contribution in [1.29, 1.82) is 0 Å². The van der Waals surface area contributed by atoms with Gasteiger partial charge >= 0.3 is 5.69 Å². The maximum atomic E-state index is 13.5. The number of hydrogen-bond acceptors (Lipinski definition) is 6. The quantitative estimate of drug-likeness (QED) is 0.400. The van der Waals surface area contributed by atoms with Gasteiger partial charge < -0.3 is 15.4 Å². The molecular weight excluding hydrogens is 396 g/mol. The van der Waals surface area contributed by atoms with Gasteiger partial charge in [-0.3, -0.25) is 9.98 Å². The molecule has 9 nitrogen and oxygen atoms in total. The second-order valence-electron chi connectivity index (χ2n) is 6.96. The molecule has 30 heavy (non-hydrogen) atoms. The minimum Gasteiger partial charge on any atom is -0.493 e. The Labute approximate surface area is 166 Å². The molecular formula is C19H15F2N7O2. The largest absolute Gasteiger partial charge is 0.493 e. The molecule has 5 rings (SSSR count). The van der Waals surface area contributed by atoms with Crippen molar-refractivity contribution in [3.63, 3.8) is 0 Å². The Morgan fingerprint density at radius 2 is 1.97 bits per heavy atom. The number of aromatic hydroxyl groups is 1. The third kappa shape index (κ3) is 3.52. The van der Waals surface area contributed by atoms with Crippen LogP contribution in [-0.4, -0.2) is 35.7 Å². The number of anilines is 2. The first-order valence-electron chi connectivity index (χ1n) is 9.13. The lowest BCUT2D eigenvalue weighted by Crippen LogP contribution is -2.19. The summed E-state index contributed by atoms with van der Waals surface area (Å²) in [4.78, 5) is 25.2. The number of imidazole rings is 1. The van der Waals surface area contributed by atoms with Crippen LogP contribution in [-0.2, 0) is 0 Å².